The van der Waals surface area contributed by atoms with Gasteiger partial charge in [-0.05, 0) is 39.8 Å². The van der Waals surface area contributed by atoms with E-state index in [-0.39, 0.29) is 23.9 Å². The van der Waals surface area contributed by atoms with Crippen molar-refractivity contribution in [2.45, 2.75) is 33.3 Å². The maximum atomic E-state index is 13.2. The van der Waals surface area contributed by atoms with Gasteiger partial charge < -0.3 is 10.1 Å². The smallest absolute Gasteiger partial charge is 0.250 e. The predicted octanol–water partition coefficient (Wildman–Crippen LogP) is 2.89. The van der Waals surface area contributed by atoms with Crippen LogP contribution in [0.15, 0.2) is 18.2 Å². The summed E-state index contributed by atoms with van der Waals surface area (Å²) in [5, 5.41) is 2.62. The Morgan fingerprint density at radius 1 is 1.41 bits per heavy atom. The van der Waals surface area contributed by atoms with Crippen molar-refractivity contribution in [2.75, 3.05) is 11.9 Å². The topological polar surface area (TPSA) is 38.3 Å². The number of carbonyl (C=O) groups is 1. The molecule has 0 aliphatic heterocycles. The van der Waals surface area contributed by atoms with E-state index in [4.69, 9.17) is 4.74 Å². The molecule has 0 bridgehead atoms. The SMILES string of the molecule is Cc1c(F)cccc1NC(=O)COC(C)(C)C. The molecule has 1 rings (SSSR count). The number of benzene rings is 1. The van der Waals surface area contributed by atoms with E-state index in [1.54, 1.807) is 19.1 Å². The third kappa shape index (κ3) is 4.53. The summed E-state index contributed by atoms with van der Waals surface area (Å²) in [5.41, 5.74) is 0.540. The standard InChI is InChI=1S/C13H18FNO2/c1-9-10(14)6-5-7-11(9)15-12(16)8-17-13(2,3)4/h5-7H,8H2,1-4H3,(H,15,16). The number of carbonyl (C=O) groups excluding carboxylic acids is 1. The fourth-order valence-electron chi connectivity index (χ4n) is 1.21. The van der Waals surface area contributed by atoms with Crippen LogP contribution in [0.25, 0.3) is 0 Å². The van der Waals surface area contributed by atoms with Crippen LogP contribution >= 0.6 is 0 Å². The van der Waals surface area contributed by atoms with Gasteiger partial charge in [-0.25, -0.2) is 4.39 Å². The molecule has 0 spiro atoms. The fourth-order valence-corrected chi connectivity index (χ4v) is 1.21. The average molecular weight is 239 g/mol. The van der Waals surface area contributed by atoms with Gasteiger partial charge >= 0.3 is 0 Å². The zero-order valence-corrected chi connectivity index (χ0v) is 10.6. The van der Waals surface area contributed by atoms with Crippen LogP contribution in [0.3, 0.4) is 0 Å². The van der Waals surface area contributed by atoms with Crippen LogP contribution in [0.5, 0.6) is 0 Å². The molecule has 0 saturated heterocycles. The molecular weight excluding hydrogens is 221 g/mol. The van der Waals surface area contributed by atoms with Gasteiger partial charge in [0.25, 0.3) is 0 Å². The minimum absolute atomic E-state index is 0.0422. The first kappa shape index (κ1) is 13.6. The van der Waals surface area contributed by atoms with E-state index in [0.29, 0.717) is 11.3 Å². The Morgan fingerprint density at radius 2 is 2.06 bits per heavy atom. The van der Waals surface area contributed by atoms with Crippen molar-refractivity contribution in [2.24, 2.45) is 0 Å². The van der Waals surface area contributed by atoms with E-state index < -0.39 is 0 Å². The Labute approximate surface area is 101 Å². The Bertz CT molecular complexity index is 410. The number of amides is 1. The van der Waals surface area contributed by atoms with Crippen LogP contribution in [0.1, 0.15) is 26.3 Å². The molecule has 1 aromatic carbocycles. The van der Waals surface area contributed by atoms with Crippen LogP contribution in [0, 0.1) is 12.7 Å². The summed E-state index contributed by atoms with van der Waals surface area (Å²) in [7, 11) is 0. The maximum absolute atomic E-state index is 13.2. The van der Waals surface area contributed by atoms with Gasteiger partial charge in [0.15, 0.2) is 0 Å². The molecule has 94 valence electrons. The number of rotatable bonds is 3. The maximum Gasteiger partial charge on any atom is 0.250 e. The summed E-state index contributed by atoms with van der Waals surface area (Å²) in [4.78, 5) is 11.6. The summed E-state index contributed by atoms with van der Waals surface area (Å²) in [5.74, 6) is -0.617. The van der Waals surface area contributed by atoms with E-state index >= 15 is 0 Å². The number of hydrogen-bond acceptors (Lipinski definition) is 2. The van der Waals surface area contributed by atoms with Gasteiger partial charge in [0.05, 0.1) is 5.60 Å². The lowest BCUT2D eigenvalue weighted by atomic mass is 10.2. The molecule has 0 saturated carbocycles. The molecule has 0 atom stereocenters. The Morgan fingerprint density at radius 3 is 2.65 bits per heavy atom. The first-order valence-electron chi connectivity index (χ1n) is 5.48. The van der Waals surface area contributed by atoms with Gasteiger partial charge in [0.1, 0.15) is 12.4 Å². The zero-order chi connectivity index (χ0) is 13.1. The van der Waals surface area contributed by atoms with Crippen molar-refractivity contribution >= 4 is 11.6 Å². The summed E-state index contributed by atoms with van der Waals surface area (Å²) >= 11 is 0. The molecule has 0 heterocycles. The molecule has 0 aliphatic carbocycles. The molecule has 4 heteroatoms. The molecule has 17 heavy (non-hydrogen) atoms. The van der Waals surface area contributed by atoms with Gasteiger partial charge in [-0.15, -0.1) is 0 Å². The van der Waals surface area contributed by atoms with Gasteiger partial charge in [-0.3, -0.25) is 4.79 Å². The van der Waals surface area contributed by atoms with Gasteiger partial charge in [-0.1, -0.05) is 6.07 Å². The molecule has 1 aromatic rings. The van der Waals surface area contributed by atoms with E-state index in [0.717, 1.165) is 0 Å². The van der Waals surface area contributed by atoms with E-state index in [2.05, 4.69) is 5.32 Å². The molecule has 0 aliphatic rings. The first-order valence-corrected chi connectivity index (χ1v) is 5.48. The number of anilines is 1. The van der Waals surface area contributed by atoms with Crippen molar-refractivity contribution in [1.29, 1.82) is 0 Å². The quantitative estimate of drug-likeness (QED) is 0.880. The molecule has 0 radical (unpaired) electrons. The third-order valence-electron chi connectivity index (χ3n) is 2.18. The van der Waals surface area contributed by atoms with Crippen molar-refractivity contribution in [3.8, 4) is 0 Å². The Hall–Kier alpha value is -1.42. The molecular formula is C13H18FNO2. The van der Waals surface area contributed by atoms with Crippen LogP contribution < -0.4 is 5.32 Å². The van der Waals surface area contributed by atoms with Crippen molar-refractivity contribution in [1.82, 2.24) is 0 Å². The monoisotopic (exact) mass is 239 g/mol. The summed E-state index contributed by atoms with van der Waals surface area (Å²) in [6.07, 6.45) is 0. The summed E-state index contributed by atoms with van der Waals surface area (Å²) in [6.45, 7) is 7.18. The number of hydrogen-bond donors (Lipinski definition) is 1. The third-order valence-corrected chi connectivity index (χ3v) is 2.18. The van der Waals surface area contributed by atoms with E-state index in [1.165, 1.54) is 6.07 Å². The highest BCUT2D eigenvalue weighted by Crippen LogP contribution is 2.17. The van der Waals surface area contributed by atoms with Crippen molar-refractivity contribution in [3.05, 3.63) is 29.6 Å². The molecule has 0 unspecified atom stereocenters. The highest BCUT2D eigenvalue weighted by Gasteiger charge is 2.13. The largest absolute Gasteiger partial charge is 0.366 e. The molecule has 0 aromatic heterocycles. The second kappa shape index (κ2) is 5.27. The minimum atomic E-state index is -0.367. The number of halogens is 1. The molecule has 1 N–H and O–H groups in total. The average Bonchev–Trinajstić information content (AvgIpc) is 2.21. The predicted molar refractivity (Wildman–Crippen MR) is 65.5 cm³/mol. The minimum Gasteiger partial charge on any atom is -0.366 e. The highest BCUT2D eigenvalue weighted by molar-refractivity contribution is 5.92. The second-order valence-electron chi connectivity index (χ2n) is 4.86. The van der Waals surface area contributed by atoms with Crippen molar-refractivity contribution < 1.29 is 13.9 Å². The normalized spacial score (nSPS) is 11.4. The second-order valence-corrected chi connectivity index (χ2v) is 4.86. The first-order chi connectivity index (χ1) is 7.79. The lowest BCUT2D eigenvalue weighted by molar-refractivity contribution is -0.125. The van der Waals surface area contributed by atoms with Crippen LogP contribution in [0.4, 0.5) is 10.1 Å². The van der Waals surface area contributed by atoms with Crippen LogP contribution in [0.2, 0.25) is 0 Å². The Balaban J connectivity index is 2.60. The highest BCUT2D eigenvalue weighted by atomic mass is 19.1. The Kier molecular flexibility index (Phi) is 4.23. The van der Waals surface area contributed by atoms with Crippen LogP contribution in [-0.2, 0) is 9.53 Å². The van der Waals surface area contributed by atoms with Crippen LogP contribution in [-0.4, -0.2) is 18.1 Å². The lowest BCUT2D eigenvalue weighted by Gasteiger charge is -2.19. The molecule has 1 amide bonds. The summed E-state index contributed by atoms with van der Waals surface area (Å²) in [6, 6.07) is 4.58. The van der Waals surface area contributed by atoms with E-state index in [9.17, 15) is 9.18 Å². The number of nitrogens with one attached hydrogen (secondary N) is 1. The van der Waals surface area contributed by atoms with Gasteiger partial charge in [-0.2, -0.15) is 0 Å². The van der Waals surface area contributed by atoms with E-state index in [1.807, 2.05) is 20.8 Å². The zero-order valence-electron chi connectivity index (χ0n) is 10.6. The summed E-state index contributed by atoms with van der Waals surface area (Å²) < 4.78 is 18.5. The molecule has 3 nitrogen and oxygen atoms in total. The fraction of sp³-hybridized carbons (Fsp3) is 0.462. The lowest BCUT2D eigenvalue weighted by Crippen LogP contribution is -2.27. The molecule has 0 fully saturated rings. The van der Waals surface area contributed by atoms with Crippen molar-refractivity contribution in [3.63, 3.8) is 0 Å². The van der Waals surface area contributed by atoms with Gasteiger partial charge in [0.2, 0.25) is 5.91 Å². The number of ether oxygens (including phenoxy) is 1. The van der Waals surface area contributed by atoms with Gasteiger partial charge in [0, 0.05) is 11.3 Å².